The van der Waals surface area contributed by atoms with E-state index in [-0.39, 0.29) is 5.41 Å². The Bertz CT molecular complexity index is 568. The lowest BCUT2D eigenvalue weighted by atomic mass is 9.79. The fourth-order valence-corrected chi connectivity index (χ4v) is 3.82. The molecule has 5 heteroatoms. The highest BCUT2D eigenvalue weighted by Crippen LogP contribution is 2.36. The SMILES string of the molecule is CN1CNC(=S)C(c2ccccc2)(c2nccs2)C1. The van der Waals surface area contributed by atoms with Crippen LogP contribution in [0.4, 0.5) is 0 Å². The van der Waals surface area contributed by atoms with E-state index in [9.17, 15) is 0 Å². The van der Waals surface area contributed by atoms with Crippen molar-refractivity contribution in [3.8, 4) is 0 Å². The van der Waals surface area contributed by atoms with Crippen molar-refractivity contribution in [3.63, 3.8) is 0 Å². The number of thiazole rings is 1. The number of hydrogen-bond donors (Lipinski definition) is 1. The summed E-state index contributed by atoms with van der Waals surface area (Å²) in [5.41, 5.74) is 0.881. The van der Waals surface area contributed by atoms with Crippen LogP contribution in [0.1, 0.15) is 10.6 Å². The first-order valence-electron chi connectivity index (χ1n) is 6.16. The van der Waals surface area contributed by atoms with E-state index in [0.717, 1.165) is 23.2 Å². The molecule has 1 fully saturated rings. The summed E-state index contributed by atoms with van der Waals surface area (Å²) in [6.45, 7) is 1.65. The van der Waals surface area contributed by atoms with E-state index in [1.807, 2.05) is 17.6 Å². The summed E-state index contributed by atoms with van der Waals surface area (Å²) in [6.07, 6.45) is 1.85. The molecule has 1 aliphatic rings. The molecule has 3 rings (SSSR count). The van der Waals surface area contributed by atoms with Crippen LogP contribution < -0.4 is 5.32 Å². The molecule has 2 heterocycles. The number of benzene rings is 1. The number of hydrogen-bond acceptors (Lipinski definition) is 4. The van der Waals surface area contributed by atoms with Gasteiger partial charge in [-0.15, -0.1) is 11.3 Å². The van der Waals surface area contributed by atoms with Gasteiger partial charge in [0, 0.05) is 18.1 Å². The topological polar surface area (TPSA) is 28.2 Å². The third-order valence-electron chi connectivity index (χ3n) is 3.47. The molecule has 1 aliphatic heterocycles. The Morgan fingerprint density at radius 3 is 2.84 bits per heavy atom. The van der Waals surface area contributed by atoms with Gasteiger partial charge in [0.25, 0.3) is 0 Å². The summed E-state index contributed by atoms with van der Waals surface area (Å²) in [5, 5.41) is 6.40. The van der Waals surface area contributed by atoms with Crippen LogP contribution in [-0.4, -0.2) is 35.1 Å². The van der Waals surface area contributed by atoms with Gasteiger partial charge in [-0.05, 0) is 12.6 Å². The van der Waals surface area contributed by atoms with E-state index in [1.165, 1.54) is 5.56 Å². The van der Waals surface area contributed by atoms with E-state index in [2.05, 4.69) is 46.5 Å². The molecule has 0 aliphatic carbocycles. The summed E-state index contributed by atoms with van der Waals surface area (Å²) < 4.78 is 0. The maximum atomic E-state index is 5.65. The lowest BCUT2D eigenvalue weighted by molar-refractivity contribution is 0.270. The van der Waals surface area contributed by atoms with Gasteiger partial charge >= 0.3 is 0 Å². The Labute approximate surface area is 122 Å². The molecular weight excluding hydrogens is 274 g/mol. The summed E-state index contributed by atoms with van der Waals surface area (Å²) in [7, 11) is 2.10. The molecule has 2 aromatic rings. The molecule has 1 N–H and O–H groups in total. The Morgan fingerprint density at radius 1 is 1.37 bits per heavy atom. The highest BCUT2D eigenvalue weighted by atomic mass is 32.1. The van der Waals surface area contributed by atoms with Crippen molar-refractivity contribution in [3.05, 3.63) is 52.5 Å². The largest absolute Gasteiger partial charge is 0.366 e. The normalized spacial score (nSPS) is 24.2. The van der Waals surface area contributed by atoms with Crippen molar-refractivity contribution in [2.24, 2.45) is 0 Å². The maximum Gasteiger partial charge on any atom is 0.111 e. The molecule has 0 saturated carbocycles. The zero-order valence-corrected chi connectivity index (χ0v) is 12.3. The predicted molar refractivity (Wildman–Crippen MR) is 82.6 cm³/mol. The number of rotatable bonds is 2. The third-order valence-corrected chi connectivity index (χ3v) is 4.90. The van der Waals surface area contributed by atoms with Crippen molar-refractivity contribution in [1.29, 1.82) is 0 Å². The Balaban J connectivity index is 2.18. The van der Waals surface area contributed by atoms with E-state index >= 15 is 0 Å². The smallest absolute Gasteiger partial charge is 0.111 e. The van der Waals surface area contributed by atoms with Crippen LogP contribution in [0.3, 0.4) is 0 Å². The van der Waals surface area contributed by atoms with Crippen LogP contribution in [0.25, 0.3) is 0 Å². The van der Waals surface area contributed by atoms with Crippen LogP contribution >= 0.6 is 23.6 Å². The molecule has 1 unspecified atom stereocenters. The van der Waals surface area contributed by atoms with Crippen molar-refractivity contribution in [1.82, 2.24) is 15.2 Å². The van der Waals surface area contributed by atoms with Crippen LogP contribution in [0.15, 0.2) is 41.9 Å². The number of nitrogens with zero attached hydrogens (tertiary/aromatic N) is 2. The molecule has 1 aromatic heterocycles. The van der Waals surface area contributed by atoms with Gasteiger partial charge in [0.15, 0.2) is 0 Å². The lowest BCUT2D eigenvalue weighted by Gasteiger charge is -2.41. The molecular formula is C14H15N3S2. The lowest BCUT2D eigenvalue weighted by Crippen LogP contribution is -2.58. The standard InChI is InChI=1S/C14H15N3S2/c1-17-9-14(12(18)16-10-17,13-15-7-8-19-13)11-5-3-2-4-6-11/h2-8H,9-10H2,1H3,(H,16,18). The van der Waals surface area contributed by atoms with Gasteiger partial charge in [-0.1, -0.05) is 42.5 Å². The second kappa shape index (κ2) is 5.00. The number of nitrogens with one attached hydrogen (secondary N) is 1. The van der Waals surface area contributed by atoms with Crippen LogP contribution in [0.2, 0.25) is 0 Å². The first-order valence-corrected chi connectivity index (χ1v) is 7.44. The van der Waals surface area contributed by atoms with Crippen molar-refractivity contribution in [2.75, 3.05) is 20.3 Å². The third kappa shape index (κ3) is 2.08. The van der Waals surface area contributed by atoms with Gasteiger partial charge in [-0.3, -0.25) is 4.90 Å². The molecule has 98 valence electrons. The van der Waals surface area contributed by atoms with E-state index in [4.69, 9.17) is 12.2 Å². The summed E-state index contributed by atoms with van der Waals surface area (Å²) in [4.78, 5) is 7.65. The van der Waals surface area contributed by atoms with Gasteiger partial charge < -0.3 is 5.32 Å². The average molecular weight is 289 g/mol. The Morgan fingerprint density at radius 2 is 2.16 bits per heavy atom. The van der Waals surface area contributed by atoms with E-state index in [1.54, 1.807) is 11.3 Å². The molecule has 3 nitrogen and oxygen atoms in total. The minimum absolute atomic E-state index is 0.322. The zero-order valence-electron chi connectivity index (χ0n) is 10.7. The summed E-state index contributed by atoms with van der Waals surface area (Å²) >= 11 is 7.31. The quantitative estimate of drug-likeness (QED) is 0.858. The van der Waals surface area contributed by atoms with Crippen LogP contribution in [0, 0.1) is 0 Å². The van der Waals surface area contributed by atoms with Gasteiger partial charge in [0.2, 0.25) is 0 Å². The first-order chi connectivity index (χ1) is 9.23. The number of thiocarbonyl (C=S) groups is 1. The fraction of sp³-hybridized carbons (Fsp3) is 0.286. The minimum atomic E-state index is -0.322. The summed E-state index contributed by atoms with van der Waals surface area (Å²) in [5.74, 6) is 0. The predicted octanol–water partition coefficient (Wildman–Crippen LogP) is 2.25. The van der Waals surface area contributed by atoms with E-state index in [0.29, 0.717) is 0 Å². The van der Waals surface area contributed by atoms with Crippen LogP contribution in [0.5, 0.6) is 0 Å². The van der Waals surface area contributed by atoms with Gasteiger partial charge in [-0.2, -0.15) is 0 Å². The molecule has 1 aromatic carbocycles. The van der Waals surface area contributed by atoms with Crippen molar-refractivity contribution < 1.29 is 0 Å². The second-order valence-corrected chi connectivity index (χ2v) is 6.09. The second-order valence-electron chi connectivity index (χ2n) is 4.79. The van der Waals surface area contributed by atoms with Crippen molar-refractivity contribution >= 4 is 28.5 Å². The molecule has 0 radical (unpaired) electrons. The van der Waals surface area contributed by atoms with Crippen molar-refractivity contribution in [2.45, 2.75) is 5.41 Å². The molecule has 0 spiro atoms. The molecule has 1 saturated heterocycles. The summed E-state index contributed by atoms with van der Waals surface area (Å²) in [6, 6.07) is 10.4. The fourth-order valence-electron chi connectivity index (χ4n) is 2.56. The van der Waals surface area contributed by atoms with E-state index < -0.39 is 0 Å². The molecule has 0 amide bonds. The Kier molecular flexibility index (Phi) is 3.35. The highest BCUT2D eigenvalue weighted by molar-refractivity contribution is 7.80. The minimum Gasteiger partial charge on any atom is -0.366 e. The van der Waals surface area contributed by atoms with Crippen LogP contribution in [-0.2, 0) is 5.41 Å². The monoisotopic (exact) mass is 289 g/mol. The molecule has 0 bridgehead atoms. The number of aromatic nitrogens is 1. The Hall–Kier alpha value is -1.30. The number of likely N-dealkylation sites (N-methyl/N-ethyl adjacent to an activating group) is 1. The molecule has 1 atom stereocenters. The zero-order chi connectivity index (χ0) is 13.3. The van der Waals surface area contributed by atoms with Gasteiger partial charge in [0.1, 0.15) is 10.4 Å². The average Bonchev–Trinajstić information content (AvgIpc) is 2.97. The maximum absolute atomic E-state index is 5.65. The highest BCUT2D eigenvalue weighted by Gasteiger charge is 2.44. The molecule has 19 heavy (non-hydrogen) atoms. The first kappa shape index (κ1) is 12.7. The van der Waals surface area contributed by atoms with Gasteiger partial charge in [-0.25, -0.2) is 4.98 Å². The van der Waals surface area contributed by atoms with Gasteiger partial charge in [0.05, 0.1) is 11.7 Å².